The first-order valence-electron chi connectivity index (χ1n) is 5.35. The Morgan fingerprint density at radius 1 is 0.889 bits per heavy atom. The van der Waals surface area contributed by atoms with Crippen molar-refractivity contribution in [2.75, 3.05) is 0 Å². The summed E-state index contributed by atoms with van der Waals surface area (Å²) < 4.78 is 8.17. The van der Waals surface area contributed by atoms with Crippen molar-refractivity contribution in [3.63, 3.8) is 0 Å². The van der Waals surface area contributed by atoms with Crippen molar-refractivity contribution in [2.24, 2.45) is 0 Å². The molecule has 4 heteroatoms. The first-order chi connectivity index (χ1) is 8.79. The molecule has 0 aromatic heterocycles. The minimum atomic E-state index is -1.08. The second-order valence-electron chi connectivity index (χ2n) is 3.54. The summed E-state index contributed by atoms with van der Waals surface area (Å²) in [5.74, 6) is -0.271. The summed E-state index contributed by atoms with van der Waals surface area (Å²) in [6.45, 7) is 0. The number of hydrogen-bond acceptors (Lipinski definition) is 3. The van der Waals surface area contributed by atoms with Crippen LogP contribution < -0.4 is 0 Å². The third-order valence-corrected chi connectivity index (χ3v) is 2.42. The fraction of sp³-hybridized carbons (Fsp3) is 0.0714. The van der Waals surface area contributed by atoms with E-state index in [1.165, 1.54) is 9.12 Å². The van der Waals surface area contributed by atoms with Crippen molar-refractivity contribution >= 4 is 14.9 Å². The number of ketones is 1. The average Bonchev–Trinajstić information content (AvgIpc) is 2.49. The molecule has 0 fully saturated rings. The highest BCUT2D eigenvalue weighted by molar-refractivity contribution is 7.00. The zero-order valence-corrected chi connectivity index (χ0v) is 10.8. The van der Waals surface area contributed by atoms with Crippen LogP contribution in [0.5, 0.6) is 0 Å². The summed E-state index contributed by atoms with van der Waals surface area (Å²) in [5, 5.41) is 9.89. The molecule has 0 aliphatic carbocycles. The monoisotopic (exact) mass is 261 g/mol. The van der Waals surface area contributed by atoms with Gasteiger partial charge in [-0.1, -0.05) is 65.2 Å². The van der Waals surface area contributed by atoms with Gasteiger partial charge in [0.25, 0.3) is 0 Å². The molecule has 0 amide bonds. The van der Waals surface area contributed by atoms with Gasteiger partial charge in [-0.25, -0.2) is 0 Å². The molecule has 2 aromatic rings. The third kappa shape index (κ3) is 3.59. The van der Waals surface area contributed by atoms with E-state index in [9.17, 15) is 9.90 Å². The Balaban J connectivity index is 0.000000771. The summed E-state index contributed by atoms with van der Waals surface area (Å²) in [5.41, 5.74) is 1.15. The molecule has 2 atom stereocenters. The van der Waals surface area contributed by atoms with Gasteiger partial charge >= 0.3 is 9.12 Å². The Bertz CT molecular complexity index is 485. The minimum absolute atomic E-state index is 0.271. The van der Waals surface area contributed by atoms with Gasteiger partial charge in [0.05, 0.1) is 0 Å². The van der Waals surface area contributed by atoms with Crippen molar-refractivity contribution in [1.29, 1.82) is 0 Å². The van der Waals surface area contributed by atoms with Gasteiger partial charge in [0, 0.05) is 5.56 Å². The smallest absolute Gasteiger partial charge is 0.310 e. The summed E-state index contributed by atoms with van der Waals surface area (Å²) in [7, 11) is 1.17. The molecule has 18 heavy (non-hydrogen) atoms. The summed E-state index contributed by atoms with van der Waals surface area (Å²) in [6.07, 6.45) is -1.08. The SMILES string of the molecule is O=C(c1ccccc1)C(O)c1ccccc1.O=[PH2+]. The molecule has 0 saturated carbocycles. The van der Waals surface area contributed by atoms with Gasteiger partial charge in [-0.15, -0.1) is 0 Å². The first kappa shape index (κ1) is 14.2. The predicted molar refractivity (Wildman–Crippen MR) is 72.6 cm³/mol. The van der Waals surface area contributed by atoms with E-state index in [0.29, 0.717) is 11.1 Å². The van der Waals surface area contributed by atoms with Crippen LogP contribution in [0.1, 0.15) is 22.0 Å². The molecule has 0 bridgehead atoms. The van der Waals surface area contributed by atoms with Crippen LogP contribution in [0.2, 0.25) is 0 Å². The number of hydrogen-bond donors (Lipinski definition) is 1. The molecule has 0 aliphatic heterocycles. The molecule has 1 N–H and O–H groups in total. The van der Waals surface area contributed by atoms with E-state index in [1.807, 2.05) is 12.1 Å². The number of aliphatic hydroxyl groups is 1. The molecular formula is C14H14O3P+. The van der Waals surface area contributed by atoms with Crippen LogP contribution >= 0.6 is 9.12 Å². The Morgan fingerprint density at radius 3 is 1.83 bits per heavy atom. The van der Waals surface area contributed by atoms with E-state index in [4.69, 9.17) is 4.57 Å². The maximum Gasteiger partial charge on any atom is 0.310 e. The van der Waals surface area contributed by atoms with Crippen LogP contribution in [-0.2, 0) is 4.57 Å². The lowest BCUT2D eigenvalue weighted by Crippen LogP contribution is -2.11. The summed E-state index contributed by atoms with van der Waals surface area (Å²) in [4.78, 5) is 11.9. The molecule has 2 aromatic carbocycles. The molecule has 3 nitrogen and oxygen atoms in total. The third-order valence-electron chi connectivity index (χ3n) is 2.42. The standard InChI is InChI=1S/C14H12O2.H2OP/c15-13(11-7-3-1-4-8-11)14(16)12-9-5-2-6-10-12;1-2/h1-10,13,15H;2H2/q;+1. The number of Topliss-reactive ketones (excluding diaryl/α,β-unsaturated/α-hetero) is 1. The molecule has 0 radical (unpaired) electrons. The van der Waals surface area contributed by atoms with Gasteiger partial charge in [0.1, 0.15) is 6.10 Å². The van der Waals surface area contributed by atoms with E-state index in [0.717, 1.165) is 0 Å². The van der Waals surface area contributed by atoms with Crippen LogP contribution in [0.15, 0.2) is 60.7 Å². The Morgan fingerprint density at radius 2 is 1.33 bits per heavy atom. The van der Waals surface area contributed by atoms with E-state index >= 15 is 0 Å². The van der Waals surface area contributed by atoms with Crippen LogP contribution in [-0.4, -0.2) is 10.9 Å². The molecule has 0 aliphatic rings. The largest absolute Gasteiger partial charge is 0.380 e. The average molecular weight is 261 g/mol. The number of benzene rings is 2. The number of aliphatic hydroxyl groups excluding tert-OH is 1. The van der Waals surface area contributed by atoms with Crippen LogP contribution in [0.4, 0.5) is 0 Å². The Labute approximate surface area is 108 Å². The van der Waals surface area contributed by atoms with Gasteiger partial charge in [-0.3, -0.25) is 4.79 Å². The first-order valence-corrected chi connectivity index (χ1v) is 5.82. The Kier molecular flexibility index (Phi) is 5.92. The summed E-state index contributed by atoms with van der Waals surface area (Å²) >= 11 is 0. The topological polar surface area (TPSA) is 54.4 Å². The molecule has 92 valence electrons. The van der Waals surface area contributed by atoms with Crippen molar-refractivity contribution in [3.8, 4) is 0 Å². The summed E-state index contributed by atoms with van der Waals surface area (Å²) in [6, 6.07) is 17.7. The van der Waals surface area contributed by atoms with Gasteiger partial charge < -0.3 is 5.11 Å². The zero-order valence-electron chi connectivity index (χ0n) is 9.69. The zero-order chi connectivity index (χ0) is 13.4. The lowest BCUT2D eigenvalue weighted by Gasteiger charge is -2.09. The van der Waals surface area contributed by atoms with Gasteiger partial charge in [0.15, 0.2) is 5.78 Å². The molecule has 2 rings (SSSR count). The van der Waals surface area contributed by atoms with E-state index in [-0.39, 0.29) is 5.78 Å². The minimum Gasteiger partial charge on any atom is -0.380 e. The van der Waals surface area contributed by atoms with Gasteiger partial charge in [-0.05, 0) is 5.56 Å². The molecule has 0 heterocycles. The van der Waals surface area contributed by atoms with Crippen LogP contribution in [0.25, 0.3) is 0 Å². The van der Waals surface area contributed by atoms with Crippen molar-refractivity contribution in [3.05, 3.63) is 71.8 Å². The lowest BCUT2D eigenvalue weighted by molar-refractivity contribution is 0.0747. The highest BCUT2D eigenvalue weighted by Gasteiger charge is 2.18. The molecular weight excluding hydrogens is 247 g/mol. The van der Waals surface area contributed by atoms with Crippen molar-refractivity contribution < 1.29 is 14.5 Å². The number of carbonyl (C=O) groups is 1. The normalized spacial score (nSPS) is 10.9. The maximum absolute atomic E-state index is 11.9. The molecule has 0 saturated heterocycles. The quantitative estimate of drug-likeness (QED) is 0.682. The second kappa shape index (κ2) is 7.49. The highest BCUT2D eigenvalue weighted by atomic mass is 31.0. The van der Waals surface area contributed by atoms with Crippen molar-refractivity contribution in [2.45, 2.75) is 6.10 Å². The number of carbonyl (C=O) groups excluding carboxylic acids is 1. The number of rotatable bonds is 3. The fourth-order valence-corrected chi connectivity index (χ4v) is 1.55. The maximum atomic E-state index is 11.9. The lowest BCUT2D eigenvalue weighted by atomic mass is 10.0. The van der Waals surface area contributed by atoms with Crippen LogP contribution in [0.3, 0.4) is 0 Å². The fourth-order valence-electron chi connectivity index (χ4n) is 1.55. The molecule has 2 unspecified atom stereocenters. The molecule has 0 spiro atoms. The highest BCUT2D eigenvalue weighted by Crippen LogP contribution is 2.17. The second-order valence-corrected chi connectivity index (χ2v) is 3.54. The van der Waals surface area contributed by atoms with E-state index in [2.05, 4.69) is 0 Å². The van der Waals surface area contributed by atoms with E-state index < -0.39 is 6.10 Å². The predicted octanol–water partition coefficient (Wildman–Crippen LogP) is 2.81. The van der Waals surface area contributed by atoms with Gasteiger partial charge in [-0.2, -0.15) is 0 Å². The Hall–Kier alpha value is -1.83. The van der Waals surface area contributed by atoms with E-state index in [1.54, 1.807) is 48.5 Å². The van der Waals surface area contributed by atoms with Crippen molar-refractivity contribution in [1.82, 2.24) is 0 Å². The van der Waals surface area contributed by atoms with Crippen LogP contribution in [0, 0.1) is 0 Å². The van der Waals surface area contributed by atoms with Gasteiger partial charge in [0.2, 0.25) is 0 Å².